The Kier molecular flexibility index (Phi) is 5.84. The van der Waals surface area contributed by atoms with Gasteiger partial charge in [0.2, 0.25) is 10.0 Å². The lowest BCUT2D eigenvalue weighted by atomic mass is 10.1. The third-order valence-corrected chi connectivity index (χ3v) is 4.54. The first-order chi connectivity index (χ1) is 6.86. The van der Waals surface area contributed by atoms with Crippen molar-refractivity contribution in [3.05, 3.63) is 0 Å². The zero-order valence-corrected chi connectivity index (χ0v) is 10.7. The highest BCUT2D eigenvalue weighted by atomic mass is 32.2. The second-order valence-electron chi connectivity index (χ2n) is 4.07. The molecule has 0 bridgehead atoms. The molecule has 0 amide bonds. The Morgan fingerprint density at radius 2 is 1.93 bits per heavy atom. The maximum absolute atomic E-state index is 11.8. The zero-order chi connectivity index (χ0) is 12.1. The lowest BCUT2D eigenvalue weighted by molar-refractivity contribution is 0.424. The van der Waals surface area contributed by atoms with E-state index < -0.39 is 15.3 Å². The Hall–Kier alpha value is -0.600. The molecule has 0 saturated carbocycles. The van der Waals surface area contributed by atoms with Crippen LogP contribution >= 0.6 is 0 Å². The average Bonchev–Trinajstić information content (AvgIpc) is 2.15. The topological polar surface area (TPSA) is 61.2 Å². The SMILES string of the molecule is CCC(C#N)S(=O)(=O)N(C)CCC(C)C. The van der Waals surface area contributed by atoms with Gasteiger partial charge in [-0.05, 0) is 18.8 Å². The van der Waals surface area contributed by atoms with Gasteiger partial charge in [-0.25, -0.2) is 12.7 Å². The summed E-state index contributed by atoms with van der Waals surface area (Å²) >= 11 is 0. The average molecular weight is 232 g/mol. The van der Waals surface area contributed by atoms with Gasteiger partial charge in [0.05, 0.1) is 6.07 Å². The van der Waals surface area contributed by atoms with Gasteiger partial charge in [0, 0.05) is 13.6 Å². The third-order valence-electron chi connectivity index (χ3n) is 2.33. The predicted molar refractivity (Wildman–Crippen MR) is 60.7 cm³/mol. The van der Waals surface area contributed by atoms with Gasteiger partial charge >= 0.3 is 0 Å². The van der Waals surface area contributed by atoms with E-state index >= 15 is 0 Å². The van der Waals surface area contributed by atoms with E-state index in [1.54, 1.807) is 6.92 Å². The summed E-state index contributed by atoms with van der Waals surface area (Å²) in [4.78, 5) is 0. The Balaban J connectivity index is 4.53. The van der Waals surface area contributed by atoms with Crippen LogP contribution in [0.5, 0.6) is 0 Å². The molecule has 15 heavy (non-hydrogen) atoms. The summed E-state index contributed by atoms with van der Waals surface area (Å²) in [5.41, 5.74) is 0. The molecular weight excluding hydrogens is 212 g/mol. The van der Waals surface area contributed by atoms with Gasteiger partial charge in [0.1, 0.15) is 0 Å². The molecule has 0 radical (unpaired) electrons. The van der Waals surface area contributed by atoms with E-state index in [1.165, 1.54) is 11.4 Å². The van der Waals surface area contributed by atoms with Crippen LogP contribution in [0.1, 0.15) is 33.6 Å². The Bertz CT molecular complexity index is 317. The Morgan fingerprint density at radius 3 is 2.27 bits per heavy atom. The monoisotopic (exact) mass is 232 g/mol. The van der Waals surface area contributed by atoms with Gasteiger partial charge in [0.25, 0.3) is 0 Å². The molecule has 0 aromatic heterocycles. The van der Waals surface area contributed by atoms with Crippen molar-refractivity contribution in [1.82, 2.24) is 4.31 Å². The van der Waals surface area contributed by atoms with Crippen molar-refractivity contribution in [2.75, 3.05) is 13.6 Å². The summed E-state index contributed by atoms with van der Waals surface area (Å²) < 4.78 is 24.9. The number of hydrogen-bond acceptors (Lipinski definition) is 3. The van der Waals surface area contributed by atoms with Crippen LogP contribution in [0.25, 0.3) is 0 Å². The molecule has 0 rings (SSSR count). The maximum atomic E-state index is 11.8. The Labute approximate surface area is 92.9 Å². The van der Waals surface area contributed by atoms with Crippen LogP contribution in [0.4, 0.5) is 0 Å². The third kappa shape index (κ3) is 4.18. The number of nitrogens with zero attached hydrogens (tertiary/aromatic N) is 2. The summed E-state index contributed by atoms with van der Waals surface area (Å²) in [5.74, 6) is 0.463. The fraction of sp³-hybridized carbons (Fsp3) is 0.900. The lowest BCUT2D eigenvalue weighted by Gasteiger charge is -2.20. The highest BCUT2D eigenvalue weighted by Crippen LogP contribution is 2.12. The van der Waals surface area contributed by atoms with Crippen LogP contribution in [-0.2, 0) is 10.0 Å². The van der Waals surface area contributed by atoms with E-state index in [9.17, 15) is 8.42 Å². The van der Waals surface area contributed by atoms with E-state index in [0.717, 1.165) is 6.42 Å². The van der Waals surface area contributed by atoms with E-state index in [2.05, 4.69) is 0 Å². The number of hydrogen-bond donors (Lipinski definition) is 0. The minimum absolute atomic E-state index is 0.338. The Morgan fingerprint density at radius 1 is 1.40 bits per heavy atom. The van der Waals surface area contributed by atoms with Gasteiger partial charge in [-0.3, -0.25) is 0 Å². The summed E-state index contributed by atoms with van der Waals surface area (Å²) in [6, 6.07) is 1.83. The first kappa shape index (κ1) is 14.4. The van der Waals surface area contributed by atoms with Crippen molar-refractivity contribution >= 4 is 10.0 Å². The molecule has 0 aliphatic carbocycles. The largest absolute Gasteiger partial charge is 0.230 e. The van der Waals surface area contributed by atoms with Gasteiger partial charge < -0.3 is 0 Å². The van der Waals surface area contributed by atoms with Gasteiger partial charge in [0.15, 0.2) is 5.25 Å². The molecule has 0 aliphatic rings. The minimum Gasteiger partial charge on any atom is -0.211 e. The number of sulfonamides is 1. The molecule has 4 nitrogen and oxygen atoms in total. The highest BCUT2D eigenvalue weighted by molar-refractivity contribution is 7.89. The molecule has 0 spiro atoms. The summed E-state index contributed by atoms with van der Waals surface area (Å²) in [6.07, 6.45) is 1.16. The molecule has 0 fully saturated rings. The lowest BCUT2D eigenvalue weighted by Crippen LogP contribution is -2.36. The second kappa shape index (κ2) is 6.09. The molecule has 1 atom stereocenters. The molecule has 0 heterocycles. The first-order valence-electron chi connectivity index (χ1n) is 5.21. The summed E-state index contributed by atoms with van der Waals surface area (Å²) in [6.45, 7) is 6.28. The van der Waals surface area contributed by atoms with Crippen LogP contribution in [0.15, 0.2) is 0 Å². The molecule has 0 N–H and O–H groups in total. The van der Waals surface area contributed by atoms with Crippen molar-refractivity contribution in [2.24, 2.45) is 5.92 Å². The second-order valence-corrected chi connectivity index (χ2v) is 6.30. The zero-order valence-electron chi connectivity index (χ0n) is 9.90. The van der Waals surface area contributed by atoms with Gasteiger partial charge in [-0.15, -0.1) is 0 Å². The van der Waals surface area contributed by atoms with E-state index in [-0.39, 0.29) is 0 Å². The van der Waals surface area contributed by atoms with Gasteiger partial charge in [-0.2, -0.15) is 5.26 Å². The van der Waals surface area contributed by atoms with E-state index in [1.807, 2.05) is 19.9 Å². The molecule has 88 valence electrons. The summed E-state index contributed by atoms with van der Waals surface area (Å²) in [7, 11) is -1.89. The van der Waals surface area contributed by atoms with E-state index in [4.69, 9.17) is 5.26 Å². The van der Waals surface area contributed by atoms with Crippen molar-refractivity contribution in [2.45, 2.75) is 38.9 Å². The first-order valence-corrected chi connectivity index (χ1v) is 6.71. The van der Waals surface area contributed by atoms with Gasteiger partial charge in [-0.1, -0.05) is 20.8 Å². The molecule has 0 saturated heterocycles. The number of rotatable bonds is 6. The van der Waals surface area contributed by atoms with Crippen molar-refractivity contribution < 1.29 is 8.42 Å². The smallest absolute Gasteiger partial charge is 0.211 e. The van der Waals surface area contributed by atoms with Crippen molar-refractivity contribution in [3.63, 3.8) is 0 Å². The minimum atomic E-state index is -3.42. The van der Waals surface area contributed by atoms with Crippen LogP contribution < -0.4 is 0 Å². The molecular formula is C10H20N2O2S. The standard InChI is InChI=1S/C10H20N2O2S/c1-5-10(8-11)15(13,14)12(4)7-6-9(2)3/h9-10H,5-7H2,1-4H3. The molecule has 5 heteroatoms. The molecule has 0 aromatic carbocycles. The van der Waals surface area contributed by atoms with Crippen LogP contribution in [0.2, 0.25) is 0 Å². The van der Waals surface area contributed by atoms with E-state index in [0.29, 0.717) is 18.9 Å². The molecule has 0 aliphatic heterocycles. The normalized spacial score (nSPS) is 14.2. The van der Waals surface area contributed by atoms with Crippen LogP contribution in [-0.4, -0.2) is 31.6 Å². The fourth-order valence-corrected chi connectivity index (χ4v) is 2.50. The maximum Gasteiger partial charge on any atom is 0.230 e. The summed E-state index contributed by atoms with van der Waals surface area (Å²) in [5, 5.41) is 7.82. The predicted octanol–water partition coefficient (Wildman–Crippen LogP) is 1.60. The van der Waals surface area contributed by atoms with Crippen LogP contribution in [0, 0.1) is 17.2 Å². The highest BCUT2D eigenvalue weighted by Gasteiger charge is 2.27. The molecule has 1 unspecified atom stereocenters. The number of nitriles is 1. The van der Waals surface area contributed by atoms with Crippen molar-refractivity contribution in [3.8, 4) is 6.07 Å². The molecule has 0 aromatic rings. The van der Waals surface area contributed by atoms with Crippen LogP contribution in [0.3, 0.4) is 0 Å². The fourth-order valence-electron chi connectivity index (χ4n) is 1.15. The van der Waals surface area contributed by atoms with Crippen molar-refractivity contribution in [1.29, 1.82) is 5.26 Å². The quantitative estimate of drug-likeness (QED) is 0.698.